The van der Waals surface area contributed by atoms with Gasteiger partial charge in [-0.1, -0.05) is 11.6 Å². The maximum atomic E-state index is 15.2. The van der Waals surface area contributed by atoms with E-state index in [2.05, 4.69) is 30.8 Å². The van der Waals surface area contributed by atoms with E-state index < -0.39 is 24.3 Å². The fourth-order valence-corrected chi connectivity index (χ4v) is 5.58. The Morgan fingerprint density at radius 2 is 2.21 bits per heavy atom. The van der Waals surface area contributed by atoms with Gasteiger partial charge in [0.05, 0.1) is 18.5 Å². The van der Waals surface area contributed by atoms with Gasteiger partial charge in [-0.3, -0.25) is 9.50 Å². The van der Waals surface area contributed by atoms with Gasteiger partial charge in [0.2, 0.25) is 5.95 Å². The normalized spacial score (nSPS) is 29.5. The van der Waals surface area contributed by atoms with Gasteiger partial charge in [0, 0.05) is 36.5 Å². The van der Waals surface area contributed by atoms with Crippen LogP contribution in [0.1, 0.15) is 49.4 Å². The summed E-state index contributed by atoms with van der Waals surface area (Å²) in [7, 11) is 1.59. The Morgan fingerprint density at radius 3 is 2.94 bits per heavy atom. The summed E-state index contributed by atoms with van der Waals surface area (Å²) in [6.45, 7) is 0.340. The van der Waals surface area contributed by atoms with Crippen LogP contribution in [0.15, 0.2) is 18.5 Å². The van der Waals surface area contributed by atoms with E-state index >= 15 is 4.39 Å². The number of carbonyl (C=O) groups excluding carboxylic acids is 1. The highest BCUT2D eigenvalue weighted by atomic mass is 35.5. The largest absolute Gasteiger partial charge is 0.443 e. The molecule has 3 aromatic rings. The summed E-state index contributed by atoms with van der Waals surface area (Å²) in [4.78, 5) is 21.0. The highest BCUT2D eigenvalue weighted by Crippen LogP contribution is 2.57. The van der Waals surface area contributed by atoms with Crippen molar-refractivity contribution in [1.29, 1.82) is 0 Å². The van der Waals surface area contributed by atoms with E-state index in [1.165, 1.54) is 6.20 Å². The molecule has 1 amide bonds. The Labute approximate surface area is 199 Å². The molecule has 3 N–H and O–H groups in total. The molecule has 3 heterocycles. The first-order valence-electron chi connectivity index (χ1n) is 11.4. The molecule has 3 aromatic heterocycles. The topological polar surface area (TPSA) is 118 Å². The van der Waals surface area contributed by atoms with Gasteiger partial charge < -0.3 is 20.1 Å². The van der Waals surface area contributed by atoms with Gasteiger partial charge in [0.15, 0.2) is 11.5 Å². The van der Waals surface area contributed by atoms with Crippen LogP contribution in [-0.2, 0) is 16.1 Å². The van der Waals surface area contributed by atoms with Crippen LogP contribution in [0, 0.1) is 5.92 Å². The lowest BCUT2D eigenvalue weighted by Crippen LogP contribution is -2.68. The molecule has 3 atom stereocenters. The lowest BCUT2D eigenvalue weighted by Gasteiger charge is -2.61. The first-order chi connectivity index (χ1) is 16.4. The van der Waals surface area contributed by atoms with Crippen molar-refractivity contribution in [2.75, 3.05) is 12.4 Å². The van der Waals surface area contributed by atoms with Crippen molar-refractivity contribution < 1.29 is 18.7 Å². The number of imidazole rings is 1. The van der Waals surface area contributed by atoms with Crippen LogP contribution in [0.5, 0.6) is 0 Å². The summed E-state index contributed by atoms with van der Waals surface area (Å²) >= 11 is 6.23. The lowest BCUT2D eigenvalue weighted by molar-refractivity contribution is -0.0532. The van der Waals surface area contributed by atoms with E-state index in [0.717, 1.165) is 25.2 Å². The van der Waals surface area contributed by atoms with Crippen molar-refractivity contribution in [3.8, 4) is 0 Å². The molecule has 0 radical (unpaired) electrons. The van der Waals surface area contributed by atoms with Crippen molar-refractivity contribution >= 4 is 35.1 Å². The van der Waals surface area contributed by atoms with Crippen molar-refractivity contribution in [3.05, 3.63) is 34.9 Å². The third-order valence-electron chi connectivity index (χ3n) is 7.19. The lowest BCUT2D eigenvalue weighted by atomic mass is 9.50. The van der Waals surface area contributed by atoms with Gasteiger partial charge in [0.1, 0.15) is 17.3 Å². The summed E-state index contributed by atoms with van der Waals surface area (Å²) in [6, 6.07) is 1.75. The van der Waals surface area contributed by atoms with Gasteiger partial charge in [-0.25, -0.2) is 19.2 Å². The molecule has 180 valence electrons. The van der Waals surface area contributed by atoms with Crippen molar-refractivity contribution in [3.63, 3.8) is 0 Å². The predicted octanol–water partition coefficient (Wildman–Crippen LogP) is 3.86. The van der Waals surface area contributed by atoms with Crippen LogP contribution in [0.4, 0.5) is 21.0 Å². The molecule has 0 aromatic carbocycles. The number of alkyl carbamates (subject to hydrolysis) is 1. The zero-order valence-electron chi connectivity index (χ0n) is 18.6. The van der Waals surface area contributed by atoms with E-state index in [9.17, 15) is 4.79 Å². The van der Waals surface area contributed by atoms with Gasteiger partial charge in [-0.2, -0.15) is 5.10 Å². The van der Waals surface area contributed by atoms with Crippen LogP contribution in [0.25, 0.3) is 5.65 Å². The molecule has 4 aliphatic rings. The summed E-state index contributed by atoms with van der Waals surface area (Å²) in [5.74, 6) is 1.25. The first kappa shape index (κ1) is 21.6. The Hall–Kier alpha value is -2.92. The second kappa shape index (κ2) is 8.09. The summed E-state index contributed by atoms with van der Waals surface area (Å²) in [5, 5.41) is 13.6. The average molecular weight is 490 g/mol. The van der Waals surface area contributed by atoms with Crippen LogP contribution in [0.2, 0.25) is 5.02 Å². The molecular formula is C22H25ClFN7O3. The summed E-state index contributed by atoms with van der Waals surface area (Å²) in [5.41, 5.74) is 1.80. The minimum absolute atomic E-state index is 0.0871. The molecule has 10 nitrogen and oxygen atoms in total. The predicted molar refractivity (Wildman–Crippen MR) is 121 cm³/mol. The maximum Gasteiger partial charge on any atom is 0.407 e. The Kier molecular flexibility index (Phi) is 5.14. The number of hydrogen-bond acceptors (Lipinski definition) is 7. The molecule has 0 spiro atoms. The number of hydrogen-bond donors (Lipinski definition) is 3. The molecule has 12 heteroatoms. The molecule has 7 rings (SSSR count). The van der Waals surface area contributed by atoms with Gasteiger partial charge >= 0.3 is 6.09 Å². The van der Waals surface area contributed by atoms with E-state index in [1.807, 2.05) is 0 Å². The summed E-state index contributed by atoms with van der Waals surface area (Å²) in [6.07, 6.45) is 4.76. The van der Waals surface area contributed by atoms with Gasteiger partial charge in [-0.05, 0) is 38.0 Å². The van der Waals surface area contributed by atoms with Gasteiger partial charge in [0.25, 0.3) is 0 Å². The molecule has 0 unspecified atom stereocenters. The van der Waals surface area contributed by atoms with Crippen LogP contribution in [0.3, 0.4) is 0 Å². The standard InChI is InChI=1S/C22H25ClFN7O3/c1-33-10-12-9-31-19(26-12)14(23)8-25-20(31)27-17-4-15(29-30-17)13-2-3-16(18(13)24)34-21(32)28-22-5-11(6-22)7-22/h4,8-9,11,13,16,18H,2-3,5-7,10H2,1H3,(H,28,32)(H2,25,27,29,30)/t11?,13-,16-,18-,22?/m1/s1. The molecular weight excluding hydrogens is 465 g/mol. The number of carbonyl (C=O) groups is 1. The third-order valence-corrected chi connectivity index (χ3v) is 7.46. The van der Waals surface area contributed by atoms with Crippen molar-refractivity contribution in [2.24, 2.45) is 5.92 Å². The highest BCUT2D eigenvalue weighted by molar-refractivity contribution is 6.33. The fraction of sp³-hybridized carbons (Fsp3) is 0.545. The Morgan fingerprint density at radius 1 is 1.38 bits per heavy atom. The minimum atomic E-state index is -1.31. The number of rotatable bonds is 7. The molecule has 4 saturated carbocycles. The number of aromatic nitrogens is 5. The van der Waals surface area contributed by atoms with E-state index in [0.29, 0.717) is 53.3 Å². The Bertz CT molecular complexity index is 1230. The van der Waals surface area contributed by atoms with Gasteiger partial charge in [-0.15, -0.1) is 0 Å². The number of aromatic amines is 1. The number of halogens is 2. The Balaban J connectivity index is 1.12. The second-order valence-electron chi connectivity index (χ2n) is 9.58. The summed E-state index contributed by atoms with van der Waals surface area (Å²) < 4.78 is 27.5. The first-order valence-corrected chi connectivity index (χ1v) is 11.8. The van der Waals surface area contributed by atoms with Crippen LogP contribution < -0.4 is 10.6 Å². The van der Waals surface area contributed by atoms with E-state index in [1.54, 1.807) is 23.8 Å². The maximum absolute atomic E-state index is 15.2. The molecule has 2 bridgehead atoms. The molecule has 0 saturated heterocycles. The fourth-order valence-electron chi connectivity index (χ4n) is 5.40. The third kappa shape index (κ3) is 3.67. The SMILES string of the molecule is COCc1cn2c(Nc3cc([C@H]4CC[C@@H](OC(=O)NC56CC(C5)C6)[C@@H]4F)[nH]n3)ncc(Cl)c2n1. The molecule has 0 aliphatic heterocycles. The minimum Gasteiger partial charge on any atom is -0.443 e. The number of H-pyrrole nitrogens is 1. The monoisotopic (exact) mass is 489 g/mol. The molecule has 4 fully saturated rings. The van der Waals surface area contributed by atoms with Crippen LogP contribution >= 0.6 is 11.6 Å². The zero-order valence-corrected chi connectivity index (χ0v) is 19.3. The second-order valence-corrected chi connectivity index (χ2v) is 9.99. The smallest absolute Gasteiger partial charge is 0.407 e. The van der Waals surface area contributed by atoms with Crippen molar-refractivity contribution in [1.82, 2.24) is 29.9 Å². The number of nitrogens with one attached hydrogen (secondary N) is 3. The number of methoxy groups -OCH3 is 1. The number of amides is 1. The van der Waals surface area contributed by atoms with Crippen molar-refractivity contribution in [2.45, 2.75) is 62.4 Å². The molecule has 4 aliphatic carbocycles. The highest BCUT2D eigenvalue weighted by Gasteiger charge is 2.58. The number of nitrogens with zero attached hydrogens (tertiary/aromatic N) is 4. The van der Waals surface area contributed by atoms with E-state index in [4.69, 9.17) is 21.1 Å². The number of ether oxygens (including phenoxy) is 2. The quantitative estimate of drug-likeness (QED) is 0.461. The number of alkyl halides is 1. The average Bonchev–Trinajstić information content (AvgIpc) is 3.47. The van der Waals surface area contributed by atoms with E-state index in [-0.39, 0.29) is 5.54 Å². The number of fused-ring (bicyclic) bond motifs is 1. The molecule has 34 heavy (non-hydrogen) atoms. The zero-order chi connectivity index (χ0) is 23.4. The van der Waals surface area contributed by atoms with Crippen LogP contribution in [-0.4, -0.2) is 55.6 Å². The number of anilines is 2.